The Bertz CT molecular complexity index is 1030. The van der Waals surface area contributed by atoms with Gasteiger partial charge in [0, 0.05) is 31.9 Å². The van der Waals surface area contributed by atoms with E-state index < -0.39 is 0 Å². The number of nitrogens with zero attached hydrogens (tertiary/aromatic N) is 4. The van der Waals surface area contributed by atoms with Gasteiger partial charge in [-0.3, -0.25) is 19.8 Å². The SMILES string of the molecule is C=CCn1c(-c2sc(NC(=O)c3ccc(N(C)C)cc3)nc2C)n[nH]c1=S. The molecule has 0 aliphatic carbocycles. The topological polar surface area (TPSA) is 78.8 Å². The molecule has 3 rings (SSSR count). The second-order valence-corrected chi connectivity index (χ2v) is 7.47. The largest absolute Gasteiger partial charge is 0.378 e. The number of aromatic amines is 1. The van der Waals surface area contributed by atoms with Crippen LogP contribution in [-0.4, -0.2) is 39.8 Å². The minimum Gasteiger partial charge on any atom is -0.378 e. The number of allylic oxidation sites excluding steroid dienone is 1. The number of carbonyl (C=O) groups excluding carboxylic acids is 1. The lowest BCUT2D eigenvalue weighted by Crippen LogP contribution is -2.13. The summed E-state index contributed by atoms with van der Waals surface area (Å²) in [5.41, 5.74) is 2.38. The van der Waals surface area contributed by atoms with Gasteiger partial charge in [-0.25, -0.2) is 4.98 Å². The van der Waals surface area contributed by atoms with Crippen LogP contribution in [0, 0.1) is 11.7 Å². The van der Waals surface area contributed by atoms with Crippen LogP contribution in [0.2, 0.25) is 0 Å². The molecule has 1 aromatic carbocycles. The van der Waals surface area contributed by atoms with Crippen molar-refractivity contribution in [3.63, 3.8) is 0 Å². The first kappa shape index (κ1) is 19.0. The minimum atomic E-state index is -0.203. The highest BCUT2D eigenvalue weighted by Crippen LogP contribution is 2.32. The van der Waals surface area contributed by atoms with Gasteiger partial charge in [0.25, 0.3) is 5.91 Å². The highest BCUT2D eigenvalue weighted by Gasteiger charge is 2.17. The van der Waals surface area contributed by atoms with Crippen LogP contribution >= 0.6 is 23.6 Å². The fourth-order valence-corrected chi connectivity index (χ4v) is 3.69. The number of carbonyl (C=O) groups is 1. The number of amides is 1. The van der Waals surface area contributed by atoms with Crippen LogP contribution in [0.3, 0.4) is 0 Å². The molecule has 0 radical (unpaired) electrons. The molecule has 0 bridgehead atoms. The molecule has 2 aromatic heterocycles. The lowest BCUT2D eigenvalue weighted by atomic mass is 10.2. The lowest BCUT2D eigenvalue weighted by molar-refractivity contribution is 0.102. The summed E-state index contributed by atoms with van der Waals surface area (Å²) < 4.78 is 2.36. The van der Waals surface area contributed by atoms with E-state index >= 15 is 0 Å². The van der Waals surface area contributed by atoms with E-state index in [1.165, 1.54) is 11.3 Å². The Hall–Kier alpha value is -2.78. The van der Waals surface area contributed by atoms with Crippen molar-refractivity contribution in [2.45, 2.75) is 13.5 Å². The standard InChI is InChI=1S/C18H20N6OS2/c1-5-10-24-15(21-22-18(24)26)14-11(2)19-17(27-14)20-16(25)12-6-8-13(9-7-12)23(3)4/h5-9H,1,10H2,2-4H3,(H,22,26)(H,19,20,25). The van der Waals surface area contributed by atoms with Gasteiger partial charge < -0.3 is 4.90 Å². The zero-order valence-corrected chi connectivity index (χ0v) is 16.9. The van der Waals surface area contributed by atoms with Gasteiger partial charge >= 0.3 is 0 Å². The predicted octanol–water partition coefficient (Wildman–Crippen LogP) is 3.88. The molecule has 27 heavy (non-hydrogen) atoms. The van der Waals surface area contributed by atoms with Crippen LogP contribution in [0.25, 0.3) is 10.7 Å². The third-order valence-electron chi connectivity index (χ3n) is 3.94. The van der Waals surface area contributed by atoms with Crippen molar-refractivity contribution < 1.29 is 4.79 Å². The first-order valence-electron chi connectivity index (χ1n) is 8.23. The monoisotopic (exact) mass is 400 g/mol. The Kier molecular flexibility index (Phi) is 5.52. The van der Waals surface area contributed by atoms with Gasteiger partial charge in [0.15, 0.2) is 15.7 Å². The number of H-pyrrole nitrogens is 1. The summed E-state index contributed by atoms with van der Waals surface area (Å²) in [6.45, 7) is 6.17. The number of nitrogens with one attached hydrogen (secondary N) is 2. The van der Waals surface area contributed by atoms with Crippen molar-refractivity contribution in [1.82, 2.24) is 19.7 Å². The summed E-state index contributed by atoms with van der Waals surface area (Å²) in [5.74, 6) is 0.483. The molecular formula is C18H20N6OS2. The van der Waals surface area contributed by atoms with Gasteiger partial charge in [-0.15, -0.1) is 6.58 Å². The van der Waals surface area contributed by atoms with E-state index in [0.29, 0.717) is 27.8 Å². The Balaban J connectivity index is 1.83. The lowest BCUT2D eigenvalue weighted by Gasteiger charge is -2.12. The maximum Gasteiger partial charge on any atom is 0.257 e. The third kappa shape index (κ3) is 3.99. The number of hydrogen-bond donors (Lipinski definition) is 2. The fraction of sp³-hybridized carbons (Fsp3) is 0.222. The van der Waals surface area contributed by atoms with Gasteiger partial charge in [-0.2, -0.15) is 5.10 Å². The molecule has 3 aromatic rings. The molecule has 2 heterocycles. The smallest absolute Gasteiger partial charge is 0.257 e. The highest BCUT2D eigenvalue weighted by molar-refractivity contribution is 7.71. The van der Waals surface area contributed by atoms with Gasteiger partial charge in [-0.1, -0.05) is 17.4 Å². The zero-order chi connectivity index (χ0) is 19.6. The van der Waals surface area contributed by atoms with E-state index in [1.54, 1.807) is 18.2 Å². The number of thiazole rings is 1. The Morgan fingerprint density at radius 3 is 2.74 bits per heavy atom. The minimum absolute atomic E-state index is 0.203. The normalized spacial score (nSPS) is 10.6. The number of aromatic nitrogens is 4. The zero-order valence-electron chi connectivity index (χ0n) is 15.3. The van der Waals surface area contributed by atoms with Crippen LogP contribution in [0.1, 0.15) is 16.1 Å². The van der Waals surface area contributed by atoms with Crippen LogP contribution in [0.4, 0.5) is 10.8 Å². The molecule has 0 fully saturated rings. The van der Waals surface area contributed by atoms with E-state index in [1.807, 2.05) is 42.6 Å². The molecule has 2 N–H and O–H groups in total. The van der Waals surface area contributed by atoms with Crippen molar-refractivity contribution in [2.24, 2.45) is 0 Å². The fourth-order valence-electron chi connectivity index (χ4n) is 2.53. The molecule has 0 saturated heterocycles. The van der Waals surface area contributed by atoms with E-state index in [9.17, 15) is 4.79 Å². The molecule has 7 nitrogen and oxygen atoms in total. The van der Waals surface area contributed by atoms with E-state index in [0.717, 1.165) is 16.3 Å². The van der Waals surface area contributed by atoms with Crippen LogP contribution < -0.4 is 10.2 Å². The molecule has 0 spiro atoms. The third-order valence-corrected chi connectivity index (χ3v) is 5.32. The van der Waals surface area contributed by atoms with Crippen molar-refractivity contribution in [3.8, 4) is 10.7 Å². The van der Waals surface area contributed by atoms with Crippen LogP contribution in [-0.2, 0) is 6.54 Å². The quantitative estimate of drug-likeness (QED) is 0.485. The Morgan fingerprint density at radius 2 is 2.11 bits per heavy atom. The van der Waals surface area contributed by atoms with E-state index in [2.05, 4.69) is 27.1 Å². The molecule has 0 aliphatic rings. The van der Waals surface area contributed by atoms with Crippen LogP contribution in [0.5, 0.6) is 0 Å². The van der Waals surface area contributed by atoms with Crippen molar-refractivity contribution in [3.05, 3.63) is 52.9 Å². The van der Waals surface area contributed by atoms with Gasteiger partial charge in [0.2, 0.25) is 0 Å². The number of anilines is 2. The number of benzene rings is 1. The number of rotatable bonds is 6. The second kappa shape index (κ2) is 7.85. The Labute approximate surface area is 166 Å². The highest BCUT2D eigenvalue weighted by atomic mass is 32.1. The molecular weight excluding hydrogens is 380 g/mol. The Morgan fingerprint density at radius 1 is 1.41 bits per heavy atom. The summed E-state index contributed by atoms with van der Waals surface area (Å²) >= 11 is 6.62. The summed E-state index contributed by atoms with van der Waals surface area (Å²) in [4.78, 5) is 19.8. The summed E-state index contributed by atoms with van der Waals surface area (Å²) in [5, 5.41) is 10.5. The second-order valence-electron chi connectivity index (χ2n) is 6.08. The van der Waals surface area contributed by atoms with Gasteiger partial charge in [0.1, 0.15) is 0 Å². The molecule has 9 heteroatoms. The van der Waals surface area contributed by atoms with E-state index in [4.69, 9.17) is 12.2 Å². The predicted molar refractivity (Wildman–Crippen MR) is 112 cm³/mol. The number of hydrogen-bond acceptors (Lipinski definition) is 6. The van der Waals surface area contributed by atoms with Crippen molar-refractivity contribution in [1.29, 1.82) is 0 Å². The molecule has 1 amide bonds. The first-order valence-corrected chi connectivity index (χ1v) is 9.46. The van der Waals surface area contributed by atoms with E-state index in [-0.39, 0.29) is 5.91 Å². The van der Waals surface area contributed by atoms with Gasteiger partial charge in [0.05, 0.1) is 10.6 Å². The van der Waals surface area contributed by atoms with Gasteiger partial charge in [-0.05, 0) is 43.4 Å². The maximum absolute atomic E-state index is 12.5. The average molecular weight is 401 g/mol. The molecule has 0 atom stereocenters. The molecule has 140 valence electrons. The molecule has 0 aliphatic heterocycles. The number of aryl methyl sites for hydroxylation is 1. The molecule has 0 saturated carbocycles. The maximum atomic E-state index is 12.5. The summed E-state index contributed by atoms with van der Waals surface area (Å²) in [6, 6.07) is 7.39. The van der Waals surface area contributed by atoms with Crippen molar-refractivity contribution in [2.75, 3.05) is 24.3 Å². The molecule has 0 unspecified atom stereocenters. The summed E-state index contributed by atoms with van der Waals surface area (Å²) in [7, 11) is 3.91. The average Bonchev–Trinajstić information content (AvgIpc) is 3.18. The first-order chi connectivity index (χ1) is 12.9. The van der Waals surface area contributed by atoms with Crippen LogP contribution in [0.15, 0.2) is 36.9 Å². The van der Waals surface area contributed by atoms with Crippen molar-refractivity contribution >= 4 is 40.3 Å². The summed E-state index contributed by atoms with van der Waals surface area (Å²) in [6.07, 6.45) is 1.76.